The smallest absolute Gasteiger partial charge is 0.0576 e. The maximum Gasteiger partial charge on any atom is 0.0576 e. The molecule has 0 spiro atoms. The minimum atomic E-state index is 0.192. The van der Waals surface area contributed by atoms with E-state index >= 15 is 0 Å². The predicted octanol–water partition coefficient (Wildman–Crippen LogP) is 0.851. The molecule has 3 nitrogen and oxygen atoms in total. The van der Waals surface area contributed by atoms with Crippen LogP contribution in [-0.4, -0.2) is 19.1 Å². The summed E-state index contributed by atoms with van der Waals surface area (Å²) in [6.45, 7) is 1.67. The Morgan fingerprint density at radius 1 is 1.08 bits per heavy atom. The van der Waals surface area contributed by atoms with Crippen LogP contribution < -0.4 is 16.4 Å². The van der Waals surface area contributed by atoms with Crippen molar-refractivity contribution in [2.45, 2.75) is 6.04 Å². The third kappa shape index (κ3) is 1.36. The van der Waals surface area contributed by atoms with Crippen LogP contribution in [0.4, 0.5) is 11.4 Å². The molecule has 0 aliphatic carbocycles. The number of benzene rings is 1. The summed E-state index contributed by atoms with van der Waals surface area (Å²) >= 11 is 0. The fourth-order valence-electron chi connectivity index (χ4n) is 1.35. The summed E-state index contributed by atoms with van der Waals surface area (Å²) in [7, 11) is 0. The normalized spacial score (nSPS) is 17.1. The summed E-state index contributed by atoms with van der Waals surface area (Å²) in [4.78, 5) is 0. The molecule has 0 unspecified atom stereocenters. The number of nitrogens with one attached hydrogen (secondary N) is 2. The van der Waals surface area contributed by atoms with Gasteiger partial charge in [0.05, 0.1) is 11.4 Å². The third-order valence-corrected chi connectivity index (χ3v) is 2.04. The average molecular weight is 163 g/mol. The lowest BCUT2D eigenvalue weighted by molar-refractivity contribution is 0.746. The van der Waals surface area contributed by atoms with Gasteiger partial charge in [-0.2, -0.15) is 0 Å². The van der Waals surface area contributed by atoms with E-state index in [2.05, 4.69) is 22.8 Å². The maximum atomic E-state index is 5.79. The van der Waals surface area contributed by atoms with Gasteiger partial charge in [-0.25, -0.2) is 0 Å². The highest BCUT2D eigenvalue weighted by atomic mass is 15.0. The Hall–Kier alpha value is -1.22. The quantitative estimate of drug-likeness (QED) is 0.531. The number of nitrogens with two attached hydrogens (primary N) is 1. The number of hydrogen-bond donors (Lipinski definition) is 3. The lowest BCUT2D eigenvalue weighted by Crippen LogP contribution is -2.33. The van der Waals surface area contributed by atoms with Crippen LogP contribution in [0.25, 0.3) is 0 Å². The fourth-order valence-corrected chi connectivity index (χ4v) is 1.35. The molecular formula is C9H13N3. The molecule has 0 saturated carbocycles. The minimum absolute atomic E-state index is 0.192. The Kier molecular flexibility index (Phi) is 1.87. The van der Waals surface area contributed by atoms with E-state index in [-0.39, 0.29) is 6.04 Å². The van der Waals surface area contributed by atoms with Gasteiger partial charge in [-0.1, -0.05) is 12.1 Å². The molecule has 1 aliphatic rings. The first kappa shape index (κ1) is 7.43. The average Bonchev–Trinajstić information content (AvgIpc) is 2.29. The Morgan fingerprint density at radius 3 is 2.08 bits per heavy atom. The first-order chi connectivity index (χ1) is 5.86. The van der Waals surface area contributed by atoms with Gasteiger partial charge in [0, 0.05) is 19.1 Å². The molecule has 0 atom stereocenters. The molecule has 1 aromatic rings. The van der Waals surface area contributed by atoms with Crippen molar-refractivity contribution in [2.75, 3.05) is 23.7 Å². The van der Waals surface area contributed by atoms with Gasteiger partial charge in [0.1, 0.15) is 0 Å². The van der Waals surface area contributed by atoms with Crippen LogP contribution in [0.15, 0.2) is 24.3 Å². The van der Waals surface area contributed by atoms with Crippen molar-refractivity contribution < 1.29 is 0 Å². The maximum absolute atomic E-state index is 5.79. The highest BCUT2D eigenvalue weighted by Gasteiger charge is 2.09. The molecule has 64 valence electrons. The van der Waals surface area contributed by atoms with E-state index in [1.54, 1.807) is 0 Å². The zero-order valence-electron chi connectivity index (χ0n) is 6.88. The molecule has 0 bridgehead atoms. The Morgan fingerprint density at radius 2 is 1.58 bits per heavy atom. The molecule has 0 radical (unpaired) electrons. The third-order valence-electron chi connectivity index (χ3n) is 2.04. The summed E-state index contributed by atoms with van der Waals surface area (Å²) in [5, 5.41) is 6.57. The van der Waals surface area contributed by atoms with Gasteiger partial charge in [0.15, 0.2) is 0 Å². The second kappa shape index (κ2) is 3.03. The van der Waals surface area contributed by atoms with Crippen molar-refractivity contribution in [2.24, 2.45) is 5.73 Å². The monoisotopic (exact) mass is 163 g/mol. The number of rotatable bonds is 0. The molecule has 3 heteroatoms. The standard InChI is InChI=1S/C9H13N3/c10-7-5-11-8-3-1-2-4-9(8)12-6-7/h1-4,7,11-12H,5-6,10H2. The van der Waals surface area contributed by atoms with Gasteiger partial charge in [0.2, 0.25) is 0 Å². The topological polar surface area (TPSA) is 50.1 Å². The van der Waals surface area contributed by atoms with Gasteiger partial charge in [-0.3, -0.25) is 0 Å². The lowest BCUT2D eigenvalue weighted by atomic mass is 10.3. The Bertz CT molecular complexity index is 245. The van der Waals surface area contributed by atoms with Gasteiger partial charge in [0.25, 0.3) is 0 Å². The molecule has 2 rings (SSSR count). The number of para-hydroxylation sites is 2. The van der Waals surface area contributed by atoms with Crippen LogP contribution in [0.1, 0.15) is 0 Å². The van der Waals surface area contributed by atoms with Gasteiger partial charge >= 0.3 is 0 Å². The van der Waals surface area contributed by atoms with E-state index in [0.717, 1.165) is 24.5 Å². The first-order valence-electron chi connectivity index (χ1n) is 4.18. The van der Waals surface area contributed by atoms with E-state index in [1.807, 2.05) is 12.1 Å². The second-order valence-corrected chi connectivity index (χ2v) is 3.07. The number of anilines is 2. The van der Waals surface area contributed by atoms with Crippen molar-refractivity contribution in [3.05, 3.63) is 24.3 Å². The summed E-state index contributed by atoms with van der Waals surface area (Å²) in [5.74, 6) is 0. The first-order valence-corrected chi connectivity index (χ1v) is 4.18. The van der Waals surface area contributed by atoms with Crippen molar-refractivity contribution in [3.63, 3.8) is 0 Å². The molecule has 4 N–H and O–H groups in total. The van der Waals surface area contributed by atoms with Gasteiger partial charge in [-0.15, -0.1) is 0 Å². The molecule has 1 heterocycles. The van der Waals surface area contributed by atoms with Crippen LogP contribution in [0, 0.1) is 0 Å². The van der Waals surface area contributed by atoms with E-state index < -0.39 is 0 Å². The molecule has 0 saturated heterocycles. The zero-order valence-corrected chi connectivity index (χ0v) is 6.88. The van der Waals surface area contributed by atoms with Crippen molar-refractivity contribution in [3.8, 4) is 0 Å². The SMILES string of the molecule is NC1CNc2ccccc2NC1. The lowest BCUT2D eigenvalue weighted by Gasteiger charge is -2.06. The van der Waals surface area contributed by atoms with Crippen LogP contribution in [0.2, 0.25) is 0 Å². The molecule has 0 amide bonds. The van der Waals surface area contributed by atoms with Crippen molar-refractivity contribution in [1.82, 2.24) is 0 Å². The van der Waals surface area contributed by atoms with Crippen molar-refractivity contribution in [1.29, 1.82) is 0 Å². The van der Waals surface area contributed by atoms with Crippen LogP contribution >= 0.6 is 0 Å². The predicted molar refractivity (Wildman–Crippen MR) is 51.4 cm³/mol. The van der Waals surface area contributed by atoms with Crippen LogP contribution in [0.5, 0.6) is 0 Å². The van der Waals surface area contributed by atoms with E-state index in [0.29, 0.717) is 0 Å². The minimum Gasteiger partial charge on any atom is -0.382 e. The Labute approximate surface area is 72.0 Å². The molecular weight excluding hydrogens is 150 g/mol. The number of hydrogen-bond acceptors (Lipinski definition) is 3. The summed E-state index contributed by atoms with van der Waals surface area (Å²) in [6, 6.07) is 8.34. The molecule has 0 aromatic heterocycles. The van der Waals surface area contributed by atoms with Crippen LogP contribution in [0.3, 0.4) is 0 Å². The molecule has 1 aromatic carbocycles. The summed E-state index contributed by atoms with van der Waals surface area (Å²) in [6.07, 6.45) is 0. The second-order valence-electron chi connectivity index (χ2n) is 3.07. The molecule has 1 aliphatic heterocycles. The summed E-state index contributed by atoms with van der Waals surface area (Å²) < 4.78 is 0. The highest BCUT2D eigenvalue weighted by molar-refractivity contribution is 5.69. The molecule has 12 heavy (non-hydrogen) atoms. The summed E-state index contributed by atoms with van der Waals surface area (Å²) in [5.41, 5.74) is 8.08. The highest BCUT2D eigenvalue weighted by Crippen LogP contribution is 2.22. The van der Waals surface area contributed by atoms with Gasteiger partial charge in [-0.05, 0) is 12.1 Å². The number of fused-ring (bicyclic) bond motifs is 1. The van der Waals surface area contributed by atoms with Crippen molar-refractivity contribution >= 4 is 11.4 Å². The van der Waals surface area contributed by atoms with E-state index in [4.69, 9.17) is 5.73 Å². The fraction of sp³-hybridized carbons (Fsp3) is 0.333. The Balaban J connectivity index is 2.26. The van der Waals surface area contributed by atoms with E-state index in [1.165, 1.54) is 0 Å². The van der Waals surface area contributed by atoms with Gasteiger partial charge < -0.3 is 16.4 Å². The van der Waals surface area contributed by atoms with Crippen LogP contribution in [-0.2, 0) is 0 Å². The molecule has 0 fully saturated rings. The zero-order chi connectivity index (χ0) is 8.39. The van der Waals surface area contributed by atoms with E-state index in [9.17, 15) is 0 Å². The largest absolute Gasteiger partial charge is 0.382 e.